The minimum atomic E-state index is 0. The molecular formula is C3H8O2V. The first-order valence-electron chi connectivity index (χ1n) is 1.68. The average molecular weight is 127 g/mol. The Morgan fingerprint density at radius 1 is 1.67 bits per heavy atom. The number of hydrogen-bond acceptors (Lipinski definition) is 2. The monoisotopic (exact) mass is 127 g/mol. The Morgan fingerprint density at radius 2 is 2.17 bits per heavy atom. The van der Waals surface area contributed by atoms with Crippen LogP contribution in [0.5, 0.6) is 0 Å². The largest absolute Gasteiger partial charge is 0.252 e. The minimum absolute atomic E-state index is 0. The molecule has 0 saturated carbocycles. The van der Waals surface area contributed by atoms with E-state index in [4.69, 9.17) is 5.26 Å². The van der Waals surface area contributed by atoms with E-state index in [0.717, 1.165) is 6.42 Å². The second kappa shape index (κ2) is 9.09. The molecule has 0 atom stereocenters. The number of rotatable bonds is 2. The van der Waals surface area contributed by atoms with Crippen molar-refractivity contribution in [3.63, 3.8) is 0 Å². The Morgan fingerprint density at radius 3 is 2.17 bits per heavy atom. The fraction of sp³-hybridized carbons (Fsp3) is 1.00. The van der Waals surface area contributed by atoms with Crippen molar-refractivity contribution in [2.45, 2.75) is 13.3 Å². The zero-order valence-electron chi connectivity index (χ0n) is 3.72. The van der Waals surface area contributed by atoms with Crippen LogP contribution in [0.3, 0.4) is 0 Å². The van der Waals surface area contributed by atoms with Crippen LogP contribution in [0.1, 0.15) is 13.3 Å². The summed E-state index contributed by atoms with van der Waals surface area (Å²) in [6, 6.07) is 0. The predicted molar refractivity (Wildman–Crippen MR) is 18.9 cm³/mol. The molecule has 2 nitrogen and oxygen atoms in total. The van der Waals surface area contributed by atoms with Gasteiger partial charge in [-0.15, -0.1) is 0 Å². The van der Waals surface area contributed by atoms with Crippen molar-refractivity contribution in [1.82, 2.24) is 0 Å². The van der Waals surface area contributed by atoms with Crippen molar-refractivity contribution in [2.24, 2.45) is 0 Å². The Balaban J connectivity index is 0. The SMILES string of the molecule is CCCOO.[V]. The summed E-state index contributed by atoms with van der Waals surface area (Å²) in [5.74, 6) is 0. The summed E-state index contributed by atoms with van der Waals surface area (Å²) in [6.07, 6.45) is 0.872. The van der Waals surface area contributed by atoms with Gasteiger partial charge in [0.2, 0.25) is 0 Å². The van der Waals surface area contributed by atoms with Gasteiger partial charge < -0.3 is 0 Å². The Hall–Kier alpha value is 0.504. The normalized spacial score (nSPS) is 7.00. The van der Waals surface area contributed by atoms with Gasteiger partial charge in [-0.1, -0.05) is 6.92 Å². The first-order chi connectivity index (χ1) is 2.41. The van der Waals surface area contributed by atoms with E-state index in [-0.39, 0.29) is 18.6 Å². The van der Waals surface area contributed by atoms with E-state index in [1.807, 2.05) is 6.92 Å². The average Bonchev–Trinajstić information content (AvgIpc) is 1.41. The van der Waals surface area contributed by atoms with Gasteiger partial charge in [0, 0.05) is 18.6 Å². The first kappa shape index (κ1) is 9.71. The molecule has 0 aromatic rings. The summed E-state index contributed by atoms with van der Waals surface area (Å²) in [5.41, 5.74) is 0. The summed E-state index contributed by atoms with van der Waals surface area (Å²) in [6.45, 7) is 2.37. The van der Waals surface area contributed by atoms with Crippen molar-refractivity contribution in [2.75, 3.05) is 6.61 Å². The van der Waals surface area contributed by atoms with Crippen LogP contribution < -0.4 is 0 Å². The summed E-state index contributed by atoms with van der Waals surface area (Å²) in [4.78, 5) is 3.69. The molecule has 0 rings (SSSR count). The molecular weight excluding hydrogens is 119 g/mol. The molecule has 1 radical (unpaired) electrons. The van der Waals surface area contributed by atoms with E-state index >= 15 is 0 Å². The summed E-state index contributed by atoms with van der Waals surface area (Å²) < 4.78 is 0. The Kier molecular flexibility index (Phi) is 14.7. The van der Waals surface area contributed by atoms with Gasteiger partial charge in [-0.3, -0.25) is 5.26 Å². The molecule has 0 unspecified atom stereocenters. The van der Waals surface area contributed by atoms with Crippen molar-refractivity contribution in [1.29, 1.82) is 0 Å². The van der Waals surface area contributed by atoms with E-state index in [9.17, 15) is 0 Å². The maximum absolute atomic E-state index is 7.57. The quantitative estimate of drug-likeness (QED) is 0.440. The third kappa shape index (κ3) is 8.82. The van der Waals surface area contributed by atoms with Gasteiger partial charge in [0.05, 0.1) is 6.61 Å². The molecule has 0 aliphatic rings. The zero-order chi connectivity index (χ0) is 4.12. The molecule has 0 spiro atoms. The zero-order valence-corrected chi connectivity index (χ0v) is 5.11. The van der Waals surface area contributed by atoms with Gasteiger partial charge in [-0.25, -0.2) is 4.89 Å². The summed E-state index contributed by atoms with van der Waals surface area (Å²) in [5, 5.41) is 7.57. The van der Waals surface area contributed by atoms with Gasteiger partial charge in [-0.05, 0) is 6.42 Å². The molecule has 0 aromatic heterocycles. The van der Waals surface area contributed by atoms with Crippen LogP contribution in [0.15, 0.2) is 0 Å². The van der Waals surface area contributed by atoms with Crippen molar-refractivity contribution >= 4 is 0 Å². The van der Waals surface area contributed by atoms with Crippen LogP contribution in [-0.2, 0) is 23.4 Å². The molecule has 3 heteroatoms. The third-order valence-electron chi connectivity index (χ3n) is 0.295. The van der Waals surface area contributed by atoms with E-state index in [1.165, 1.54) is 0 Å². The van der Waals surface area contributed by atoms with Gasteiger partial charge in [0.1, 0.15) is 0 Å². The maximum Gasteiger partial charge on any atom is 0.0817 e. The van der Waals surface area contributed by atoms with Gasteiger partial charge in [0.15, 0.2) is 0 Å². The first-order valence-corrected chi connectivity index (χ1v) is 1.68. The number of hydrogen-bond donors (Lipinski definition) is 1. The van der Waals surface area contributed by atoms with Crippen molar-refractivity contribution in [3.8, 4) is 0 Å². The third-order valence-corrected chi connectivity index (χ3v) is 0.295. The fourth-order valence-corrected chi connectivity index (χ4v) is 0.0913. The molecule has 37 valence electrons. The van der Waals surface area contributed by atoms with Crippen molar-refractivity contribution < 1.29 is 28.7 Å². The molecule has 0 aliphatic heterocycles. The minimum Gasteiger partial charge on any atom is -0.252 e. The Bertz CT molecular complexity index is 16.3. The van der Waals surface area contributed by atoms with Crippen LogP contribution >= 0.6 is 0 Å². The molecule has 0 amide bonds. The van der Waals surface area contributed by atoms with E-state index in [0.29, 0.717) is 6.61 Å². The second-order valence-electron chi connectivity index (χ2n) is 0.833. The summed E-state index contributed by atoms with van der Waals surface area (Å²) in [7, 11) is 0. The van der Waals surface area contributed by atoms with Crippen LogP contribution in [0.4, 0.5) is 0 Å². The molecule has 1 N–H and O–H groups in total. The van der Waals surface area contributed by atoms with Gasteiger partial charge in [0.25, 0.3) is 0 Å². The van der Waals surface area contributed by atoms with E-state index in [1.54, 1.807) is 0 Å². The van der Waals surface area contributed by atoms with Crippen molar-refractivity contribution in [3.05, 3.63) is 0 Å². The van der Waals surface area contributed by atoms with Gasteiger partial charge in [-0.2, -0.15) is 0 Å². The molecule has 0 aromatic carbocycles. The molecule has 0 saturated heterocycles. The maximum atomic E-state index is 7.57. The predicted octanol–water partition coefficient (Wildman–Crippen LogP) is 0.883. The van der Waals surface area contributed by atoms with Crippen LogP contribution in [-0.4, -0.2) is 11.9 Å². The Labute approximate surface area is 49.3 Å². The molecule has 6 heavy (non-hydrogen) atoms. The molecule has 0 bridgehead atoms. The topological polar surface area (TPSA) is 29.5 Å². The van der Waals surface area contributed by atoms with E-state index in [2.05, 4.69) is 4.89 Å². The van der Waals surface area contributed by atoms with Crippen LogP contribution in [0.2, 0.25) is 0 Å². The summed E-state index contributed by atoms with van der Waals surface area (Å²) >= 11 is 0. The standard InChI is InChI=1S/C3H8O2.V/c1-2-3-5-4;/h4H,2-3H2,1H3;. The van der Waals surface area contributed by atoms with Gasteiger partial charge >= 0.3 is 0 Å². The molecule has 0 aliphatic carbocycles. The molecule has 0 heterocycles. The second-order valence-corrected chi connectivity index (χ2v) is 0.833. The van der Waals surface area contributed by atoms with E-state index < -0.39 is 0 Å². The van der Waals surface area contributed by atoms with Crippen LogP contribution in [0.25, 0.3) is 0 Å². The fourth-order valence-electron chi connectivity index (χ4n) is 0.0913. The smallest absolute Gasteiger partial charge is 0.0817 e. The molecule has 0 fully saturated rings. The van der Waals surface area contributed by atoms with Crippen LogP contribution in [0, 0.1) is 0 Å².